The van der Waals surface area contributed by atoms with Gasteiger partial charge in [0.2, 0.25) is 10.0 Å². The van der Waals surface area contributed by atoms with Crippen LogP contribution >= 0.6 is 11.6 Å². The molecule has 0 saturated carbocycles. The highest BCUT2D eigenvalue weighted by molar-refractivity contribution is 7.89. The Balaban J connectivity index is 1.32. The van der Waals surface area contributed by atoms with Crippen molar-refractivity contribution in [1.82, 2.24) is 9.73 Å². The standard InChI is InChI=1S/C31H29ClN4O5S/c1-23-11-17-27(18-12-23)42(39,40)36(20-25-7-3-2-4-8-25)21-30(37)35-33-19-24-13-15-26(16-14-24)41-22-31(38)34-29-10-6-5-9-28(29)32/h2-19H,20-22H2,1H3,(H,34,38)(H,35,37)/b33-19-. The molecule has 11 heteroatoms. The smallest absolute Gasteiger partial charge is 0.262 e. The number of aryl methyl sites for hydroxylation is 1. The van der Waals surface area contributed by atoms with E-state index in [0.717, 1.165) is 15.4 Å². The number of hydrogen-bond donors (Lipinski definition) is 2. The van der Waals surface area contributed by atoms with Gasteiger partial charge >= 0.3 is 0 Å². The van der Waals surface area contributed by atoms with Gasteiger partial charge in [0.15, 0.2) is 6.61 Å². The van der Waals surface area contributed by atoms with E-state index >= 15 is 0 Å². The number of hydrogen-bond acceptors (Lipinski definition) is 6. The summed E-state index contributed by atoms with van der Waals surface area (Å²) in [5.41, 5.74) is 5.21. The number of para-hydroxylation sites is 1. The van der Waals surface area contributed by atoms with Gasteiger partial charge in [-0.1, -0.05) is 71.8 Å². The quantitative estimate of drug-likeness (QED) is 0.174. The van der Waals surface area contributed by atoms with E-state index in [2.05, 4.69) is 15.8 Å². The van der Waals surface area contributed by atoms with Gasteiger partial charge in [-0.2, -0.15) is 9.41 Å². The fourth-order valence-corrected chi connectivity index (χ4v) is 5.36. The van der Waals surface area contributed by atoms with E-state index < -0.39 is 22.5 Å². The lowest BCUT2D eigenvalue weighted by Gasteiger charge is -2.21. The first-order valence-corrected chi connectivity index (χ1v) is 14.7. The van der Waals surface area contributed by atoms with Crippen LogP contribution in [0, 0.1) is 6.92 Å². The van der Waals surface area contributed by atoms with Crippen LogP contribution < -0.4 is 15.5 Å². The Labute approximate surface area is 249 Å². The number of nitrogens with one attached hydrogen (secondary N) is 2. The highest BCUT2D eigenvalue weighted by Crippen LogP contribution is 2.21. The van der Waals surface area contributed by atoms with Crippen LogP contribution in [-0.4, -0.2) is 43.9 Å². The Kier molecular flexibility index (Phi) is 10.4. The summed E-state index contributed by atoms with van der Waals surface area (Å²) in [7, 11) is -3.95. The van der Waals surface area contributed by atoms with Gasteiger partial charge < -0.3 is 10.1 Å². The van der Waals surface area contributed by atoms with E-state index in [1.807, 2.05) is 25.1 Å². The summed E-state index contributed by atoms with van der Waals surface area (Å²) in [6.07, 6.45) is 1.42. The number of carbonyl (C=O) groups excluding carboxylic acids is 2. The van der Waals surface area contributed by atoms with Crippen LogP contribution in [0.15, 0.2) is 113 Å². The van der Waals surface area contributed by atoms with Gasteiger partial charge in [-0.25, -0.2) is 13.8 Å². The Morgan fingerprint density at radius 1 is 0.881 bits per heavy atom. The highest BCUT2D eigenvalue weighted by atomic mass is 35.5. The molecule has 4 aromatic carbocycles. The highest BCUT2D eigenvalue weighted by Gasteiger charge is 2.27. The van der Waals surface area contributed by atoms with E-state index in [-0.39, 0.29) is 24.0 Å². The molecule has 2 amide bonds. The van der Waals surface area contributed by atoms with Crippen LogP contribution in [0.5, 0.6) is 5.75 Å². The summed E-state index contributed by atoms with van der Waals surface area (Å²) in [4.78, 5) is 25.0. The molecule has 0 spiro atoms. The van der Waals surface area contributed by atoms with Crippen molar-refractivity contribution < 1.29 is 22.7 Å². The largest absolute Gasteiger partial charge is 0.484 e. The maximum atomic E-state index is 13.4. The zero-order valence-corrected chi connectivity index (χ0v) is 24.3. The lowest BCUT2D eigenvalue weighted by atomic mass is 10.2. The number of anilines is 1. The summed E-state index contributed by atoms with van der Waals surface area (Å²) in [5, 5.41) is 7.07. The lowest BCUT2D eigenvalue weighted by Crippen LogP contribution is -2.39. The van der Waals surface area contributed by atoms with Gasteiger partial charge in [0, 0.05) is 6.54 Å². The van der Waals surface area contributed by atoms with E-state index in [9.17, 15) is 18.0 Å². The number of sulfonamides is 1. The van der Waals surface area contributed by atoms with Gasteiger partial charge in [-0.15, -0.1) is 0 Å². The number of halogens is 1. The normalized spacial score (nSPS) is 11.4. The van der Waals surface area contributed by atoms with Crippen LogP contribution in [0.2, 0.25) is 5.02 Å². The predicted octanol–water partition coefficient (Wildman–Crippen LogP) is 5.01. The zero-order valence-electron chi connectivity index (χ0n) is 22.7. The van der Waals surface area contributed by atoms with E-state index in [1.54, 1.807) is 72.8 Å². The molecule has 0 aliphatic carbocycles. The van der Waals surface area contributed by atoms with E-state index in [1.165, 1.54) is 18.3 Å². The number of amides is 2. The minimum atomic E-state index is -3.95. The molecule has 0 radical (unpaired) electrons. The maximum Gasteiger partial charge on any atom is 0.262 e. The molecule has 4 rings (SSSR count). The minimum absolute atomic E-state index is 0.0199. The van der Waals surface area contributed by atoms with Crippen LogP contribution in [0.25, 0.3) is 0 Å². The first-order chi connectivity index (χ1) is 20.2. The third-order valence-corrected chi connectivity index (χ3v) is 8.12. The van der Waals surface area contributed by atoms with Crippen LogP contribution in [0.1, 0.15) is 16.7 Å². The topological polar surface area (TPSA) is 117 Å². The number of benzene rings is 4. The Morgan fingerprint density at radius 3 is 2.24 bits per heavy atom. The van der Waals surface area contributed by atoms with Crippen molar-refractivity contribution in [1.29, 1.82) is 0 Å². The van der Waals surface area contributed by atoms with Gasteiger partial charge in [0.1, 0.15) is 5.75 Å². The summed E-state index contributed by atoms with van der Waals surface area (Å²) >= 11 is 6.05. The minimum Gasteiger partial charge on any atom is -0.484 e. The fourth-order valence-electron chi connectivity index (χ4n) is 3.79. The van der Waals surface area contributed by atoms with Crippen molar-refractivity contribution in [2.45, 2.75) is 18.4 Å². The van der Waals surface area contributed by atoms with Crippen molar-refractivity contribution in [2.75, 3.05) is 18.5 Å². The SMILES string of the molecule is Cc1ccc(S(=O)(=O)N(CC(=O)N/N=C\c2ccc(OCC(=O)Nc3ccccc3Cl)cc2)Cc2ccccc2)cc1. The zero-order chi connectivity index (χ0) is 30.0. The average Bonchev–Trinajstić information content (AvgIpc) is 2.98. The second kappa shape index (κ2) is 14.4. The summed E-state index contributed by atoms with van der Waals surface area (Å²) in [5.74, 6) is -0.493. The third-order valence-electron chi connectivity index (χ3n) is 5.98. The number of nitrogens with zero attached hydrogens (tertiary/aromatic N) is 2. The molecule has 0 fully saturated rings. The molecule has 216 valence electrons. The van der Waals surface area contributed by atoms with Gasteiger partial charge in [-0.3, -0.25) is 9.59 Å². The monoisotopic (exact) mass is 604 g/mol. The summed E-state index contributed by atoms with van der Waals surface area (Å²) < 4.78 is 33.4. The Bertz CT molecular complexity index is 1650. The van der Waals surface area contributed by atoms with Gasteiger partial charge in [0.25, 0.3) is 11.8 Å². The molecule has 42 heavy (non-hydrogen) atoms. The number of ether oxygens (including phenoxy) is 1. The molecule has 0 aliphatic heterocycles. The van der Waals surface area contributed by atoms with Gasteiger partial charge in [-0.05, 0) is 66.6 Å². The van der Waals surface area contributed by atoms with Crippen molar-refractivity contribution in [2.24, 2.45) is 5.10 Å². The fraction of sp³-hybridized carbons (Fsp3) is 0.129. The van der Waals surface area contributed by atoms with Crippen LogP contribution in [-0.2, 0) is 26.2 Å². The lowest BCUT2D eigenvalue weighted by molar-refractivity contribution is -0.121. The molecule has 0 heterocycles. The Morgan fingerprint density at radius 2 is 1.55 bits per heavy atom. The second-order valence-corrected chi connectivity index (χ2v) is 11.6. The molecule has 0 atom stereocenters. The van der Waals surface area contributed by atoms with Crippen LogP contribution in [0.3, 0.4) is 0 Å². The summed E-state index contributed by atoms with van der Waals surface area (Å²) in [6.45, 7) is 1.25. The molecule has 9 nitrogen and oxygen atoms in total. The Hall–Kier alpha value is -4.51. The van der Waals surface area contributed by atoms with E-state index in [0.29, 0.717) is 22.0 Å². The average molecular weight is 605 g/mol. The number of hydrazone groups is 1. The van der Waals surface area contributed by atoms with Crippen molar-refractivity contribution in [3.8, 4) is 5.75 Å². The predicted molar refractivity (Wildman–Crippen MR) is 163 cm³/mol. The number of rotatable bonds is 12. The molecule has 0 aromatic heterocycles. The molecule has 0 bridgehead atoms. The third kappa shape index (κ3) is 8.74. The molecule has 0 aliphatic rings. The first-order valence-electron chi connectivity index (χ1n) is 12.9. The molecule has 0 saturated heterocycles. The maximum absolute atomic E-state index is 13.4. The van der Waals surface area contributed by atoms with Crippen molar-refractivity contribution in [3.63, 3.8) is 0 Å². The van der Waals surface area contributed by atoms with Crippen LogP contribution in [0.4, 0.5) is 5.69 Å². The molecule has 2 N–H and O–H groups in total. The number of carbonyl (C=O) groups is 2. The molecular formula is C31H29ClN4O5S. The van der Waals surface area contributed by atoms with Gasteiger partial charge in [0.05, 0.1) is 28.4 Å². The second-order valence-electron chi connectivity index (χ2n) is 9.25. The summed E-state index contributed by atoms with van der Waals surface area (Å²) in [6, 6.07) is 29.1. The van der Waals surface area contributed by atoms with Crippen molar-refractivity contribution in [3.05, 3.63) is 125 Å². The first kappa shape index (κ1) is 30.4. The van der Waals surface area contributed by atoms with E-state index in [4.69, 9.17) is 16.3 Å². The molecule has 0 unspecified atom stereocenters. The van der Waals surface area contributed by atoms with Crippen molar-refractivity contribution >= 4 is 45.3 Å². The molecular weight excluding hydrogens is 576 g/mol. The molecule has 4 aromatic rings.